The lowest BCUT2D eigenvalue weighted by atomic mass is 10.1. The van der Waals surface area contributed by atoms with Gasteiger partial charge in [-0.1, -0.05) is 0 Å². The second kappa shape index (κ2) is 11.0. The second-order valence-corrected chi connectivity index (χ2v) is 9.23. The van der Waals surface area contributed by atoms with Crippen molar-refractivity contribution in [1.82, 2.24) is 20.4 Å². The molecule has 1 amide bonds. The number of nitrogens with one attached hydrogen (secondary N) is 3. The minimum Gasteiger partial charge on any atom is -0.480 e. The molecule has 0 aliphatic rings. The van der Waals surface area contributed by atoms with Crippen molar-refractivity contribution in [1.29, 1.82) is 0 Å². The summed E-state index contributed by atoms with van der Waals surface area (Å²) < 4.78 is 32.0. The summed E-state index contributed by atoms with van der Waals surface area (Å²) in [5.41, 5.74) is 13.5. The molecule has 2 aromatic heterocycles. The number of nitrogens with two attached hydrogens (primary N) is 2. The highest BCUT2D eigenvalue weighted by atomic mass is 32.2. The molecule has 196 valence electrons. The number of anilines is 2. The Bertz CT molecular complexity index is 1510. The number of pyridine rings is 1. The van der Waals surface area contributed by atoms with Crippen LogP contribution in [0.25, 0.3) is 11.0 Å². The summed E-state index contributed by atoms with van der Waals surface area (Å²) in [4.78, 5) is 61.9. The van der Waals surface area contributed by atoms with Gasteiger partial charge in [-0.15, -0.1) is 0 Å². The van der Waals surface area contributed by atoms with E-state index in [1.165, 1.54) is 30.5 Å². The molecule has 3 aromatic rings. The number of carboxylic acid groups (broad SMARTS) is 1. The molecule has 0 saturated heterocycles. The molecule has 0 aliphatic carbocycles. The molecule has 0 radical (unpaired) electrons. The summed E-state index contributed by atoms with van der Waals surface area (Å²) >= 11 is 0. The predicted molar refractivity (Wildman–Crippen MR) is 127 cm³/mol. The third-order valence-electron chi connectivity index (χ3n) is 4.93. The number of fused-ring (bicyclic) bond motifs is 1. The Hall–Kier alpha value is -4.61. The van der Waals surface area contributed by atoms with Gasteiger partial charge in [0, 0.05) is 30.4 Å². The highest BCUT2D eigenvalue weighted by molar-refractivity contribution is 7.87. The van der Waals surface area contributed by atoms with E-state index >= 15 is 0 Å². The molecule has 1 aromatic carbocycles. The zero-order chi connectivity index (χ0) is 27.3. The number of H-pyrrole nitrogens is 1. The van der Waals surface area contributed by atoms with Gasteiger partial charge in [0.05, 0.1) is 5.39 Å². The number of nitrogens with zero attached hydrogens (tertiary/aromatic N) is 2. The highest BCUT2D eigenvalue weighted by Crippen LogP contribution is 2.14. The van der Waals surface area contributed by atoms with Crippen LogP contribution in [-0.4, -0.2) is 62.2 Å². The molecule has 0 aliphatic heterocycles. The number of carboxylic acids is 1. The van der Waals surface area contributed by atoms with Gasteiger partial charge >= 0.3 is 11.9 Å². The molecule has 0 spiro atoms. The molecule has 3 rings (SSSR count). The number of hydrogen-bond donors (Lipinski definition) is 7. The van der Waals surface area contributed by atoms with E-state index in [9.17, 15) is 32.1 Å². The average molecular weight is 535 g/mol. The normalized spacial score (nSPS) is 12.9. The largest absolute Gasteiger partial charge is 0.480 e. The molecular weight excluding hydrogens is 514 g/mol. The van der Waals surface area contributed by atoms with Crippen molar-refractivity contribution in [2.75, 3.05) is 11.1 Å². The van der Waals surface area contributed by atoms with Crippen LogP contribution in [0, 0.1) is 0 Å². The van der Waals surface area contributed by atoms with Crippen molar-refractivity contribution in [2.45, 2.75) is 24.3 Å². The predicted octanol–water partition coefficient (Wildman–Crippen LogP) is -1.24. The minimum absolute atomic E-state index is 0.0200. The third kappa shape index (κ3) is 6.97. The van der Waals surface area contributed by atoms with Crippen LogP contribution in [0.4, 0.5) is 11.6 Å². The maximum atomic E-state index is 12.2. The zero-order valence-corrected chi connectivity index (χ0v) is 19.6. The molecule has 0 saturated carbocycles. The molecule has 16 nitrogen and oxygen atoms in total. The Morgan fingerprint density at radius 3 is 2.49 bits per heavy atom. The first kappa shape index (κ1) is 27.0. The van der Waals surface area contributed by atoms with Crippen LogP contribution < -0.4 is 27.8 Å². The molecule has 17 heteroatoms. The molecule has 37 heavy (non-hydrogen) atoms. The number of aromatic nitrogens is 3. The SMILES string of the molecule is Nc1nc2ncc(CNc3ccc(C(=O)NOC(=O)C(C[C@H](N)C(=O)O)S(=O)(=O)O)cc3)cc2c(=O)[nH]1. The van der Waals surface area contributed by atoms with E-state index in [-0.39, 0.29) is 29.1 Å². The quantitative estimate of drug-likeness (QED) is 0.125. The zero-order valence-electron chi connectivity index (χ0n) is 18.7. The maximum absolute atomic E-state index is 12.2. The van der Waals surface area contributed by atoms with Gasteiger partial charge in [0.1, 0.15) is 6.04 Å². The highest BCUT2D eigenvalue weighted by Gasteiger charge is 2.36. The van der Waals surface area contributed by atoms with E-state index in [4.69, 9.17) is 16.6 Å². The Morgan fingerprint density at radius 2 is 1.86 bits per heavy atom. The number of carbonyl (C=O) groups is 3. The van der Waals surface area contributed by atoms with Crippen LogP contribution in [-0.2, 0) is 31.1 Å². The van der Waals surface area contributed by atoms with E-state index in [0.717, 1.165) is 0 Å². The number of benzene rings is 1. The second-order valence-electron chi connectivity index (χ2n) is 7.63. The number of carbonyl (C=O) groups excluding carboxylic acids is 2. The topological polar surface area (TPSA) is 270 Å². The third-order valence-corrected chi connectivity index (χ3v) is 6.04. The molecule has 1 unspecified atom stereocenters. The maximum Gasteiger partial charge on any atom is 0.352 e. The molecular formula is C20H21N7O9S. The van der Waals surface area contributed by atoms with Crippen LogP contribution in [0.1, 0.15) is 22.3 Å². The van der Waals surface area contributed by atoms with Crippen molar-refractivity contribution < 1.29 is 37.3 Å². The van der Waals surface area contributed by atoms with Crippen LogP contribution in [0.5, 0.6) is 0 Å². The molecule has 0 bridgehead atoms. The summed E-state index contributed by atoms with van der Waals surface area (Å²) in [6.07, 6.45) is 0.537. The Labute approximate surface area is 207 Å². The van der Waals surface area contributed by atoms with Crippen LogP contribution >= 0.6 is 0 Å². The van der Waals surface area contributed by atoms with Crippen molar-refractivity contribution in [2.24, 2.45) is 5.73 Å². The molecule has 2 atom stereocenters. The smallest absolute Gasteiger partial charge is 0.352 e. The summed E-state index contributed by atoms with van der Waals surface area (Å²) in [5, 5.41) is 9.78. The van der Waals surface area contributed by atoms with Gasteiger partial charge in [-0.25, -0.2) is 9.78 Å². The van der Waals surface area contributed by atoms with E-state index in [0.29, 0.717) is 11.3 Å². The van der Waals surface area contributed by atoms with Crippen LogP contribution in [0.15, 0.2) is 41.3 Å². The molecule has 0 fully saturated rings. The van der Waals surface area contributed by atoms with Gasteiger partial charge in [0.2, 0.25) is 5.95 Å². The van der Waals surface area contributed by atoms with Gasteiger partial charge in [-0.05, 0) is 35.9 Å². The number of amides is 1. The fourth-order valence-corrected chi connectivity index (χ4v) is 3.76. The fraction of sp³-hybridized carbons (Fsp3) is 0.200. The summed E-state index contributed by atoms with van der Waals surface area (Å²) in [6, 6.07) is 5.58. The lowest BCUT2D eigenvalue weighted by Crippen LogP contribution is -2.43. The number of aromatic amines is 1. The van der Waals surface area contributed by atoms with E-state index in [2.05, 4.69) is 25.1 Å². The lowest BCUT2D eigenvalue weighted by Gasteiger charge is -2.15. The number of rotatable bonds is 9. The standard InChI is InChI=1S/C20H21N7O9S/c21-13(18(30)31)6-14(37(33,34)35)19(32)36-27-16(28)10-1-3-11(4-2-10)23-7-9-5-12-15(24-8-9)25-20(22)26-17(12)29/h1-5,8,13-14,23H,6-7,21H2,(H,27,28)(H,30,31)(H,33,34,35)(H3,22,24,25,26,29)/t13-,14?/m0/s1. The lowest BCUT2D eigenvalue weighted by molar-refractivity contribution is -0.149. The minimum atomic E-state index is -5.07. The van der Waals surface area contributed by atoms with Gasteiger partial charge in [0.15, 0.2) is 10.9 Å². The summed E-state index contributed by atoms with van der Waals surface area (Å²) in [5.74, 6) is -4.20. The van der Waals surface area contributed by atoms with E-state index in [1.807, 2.05) is 0 Å². The fourth-order valence-electron chi connectivity index (χ4n) is 3.02. The Kier molecular flexibility index (Phi) is 8.01. The van der Waals surface area contributed by atoms with Crippen molar-refractivity contribution in [3.63, 3.8) is 0 Å². The average Bonchev–Trinajstić information content (AvgIpc) is 2.83. The van der Waals surface area contributed by atoms with E-state index < -0.39 is 51.2 Å². The van der Waals surface area contributed by atoms with Crippen molar-refractivity contribution in [3.05, 3.63) is 58.0 Å². The number of hydroxylamine groups is 1. The van der Waals surface area contributed by atoms with E-state index in [1.54, 1.807) is 11.5 Å². The van der Waals surface area contributed by atoms with Gasteiger partial charge in [0.25, 0.3) is 21.6 Å². The molecule has 9 N–H and O–H groups in total. The van der Waals surface area contributed by atoms with Gasteiger partial charge in [-0.3, -0.25) is 23.9 Å². The molecule has 2 heterocycles. The van der Waals surface area contributed by atoms with Crippen LogP contribution in [0.2, 0.25) is 0 Å². The van der Waals surface area contributed by atoms with Gasteiger partial charge in [-0.2, -0.15) is 18.9 Å². The summed E-state index contributed by atoms with van der Waals surface area (Å²) in [7, 11) is -5.07. The van der Waals surface area contributed by atoms with Crippen LogP contribution in [0.3, 0.4) is 0 Å². The first-order valence-corrected chi connectivity index (χ1v) is 11.8. The number of nitrogen functional groups attached to an aromatic ring is 1. The van der Waals surface area contributed by atoms with Crippen molar-refractivity contribution >= 4 is 50.6 Å². The van der Waals surface area contributed by atoms with Gasteiger partial charge < -0.3 is 26.7 Å². The number of aliphatic carboxylic acids is 1. The summed E-state index contributed by atoms with van der Waals surface area (Å²) in [6.45, 7) is 0.269. The Balaban J connectivity index is 1.58. The van der Waals surface area contributed by atoms with Crippen molar-refractivity contribution in [3.8, 4) is 0 Å². The monoisotopic (exact) mass is 535 g/mol. The number of hydrogen-bond acceptors (Lipinski definition) is 12. The Morgan fingerprint density at radius 1 is 1.19 bits per heavy atom. The first-order chi connectivity index (χ1) is 17.3. The first-order valence-electron chi connectivity index (χ1n) is 10.3.